The first-order valence-corrected chi connectivity index (χ1v) is 21.3. The molecule has 0 fully saturated rings. The Balaban J connectivity index is 1.19. The normalized spacial score (nSPS) is 13.2. The van der Waals surface area contributed by atoms with Crippen molar-refractivity contribution in [2.24, 2.45) is 0 Å². The third-order valence-electron chi connectivity index (χ3n) is 11.3. The van der Waals surface area contributed by atoms with E-state index in [-0.39, 0.29) is 0 Å². The van der Waals surface area contributed by atoms with E-state index >= 15 is 0 Å². The highest BCUT2D eigenvalue weighted by atomic mass is 28.3. The molecule has 0 spiro atoms. The summed E-state index contributed by atoms with van der Waals surface area (Å²) in [5.41, 5.74) is 12.6. The number of para-hydroxylation sites is 3. The van der Waals surface area contributed by atoms with Gasteiger partial charge in [0, 0.05) is 44.0 Å². The van der Waals surface area contributed by atoms with Crippen LogP contribution in [0.5, 0.6) is 0 Å². The highest BCUT2D eigenvalue weighted by Gasteiger charge is 2.41. The first-order chi connectivity index (χ1) is 26.1. The Hall–Kier alpha value is -6.56. The van der Waals surface area contributed by atoms with E-state index in [1.54, 1.807) is 0 Å². The van der Waals surface area contributed by atoms with E-state index in [9.17, 15) is 0 Å². The molecule has 0 radical (unpaired) electrons. The standard InChI is InChI=1S/C48H34N4Si/c1-53(2)42-27-14-11-24-37(42)46-47(53)45(49-48(50-46)31-16-5-3-6-17-31)32-18-15-21-34(30-32)52-39-26-13-10-23-36(39)44-41(52)29-28-40-43(44)35-22-9-12-25-38(35)51(40)33-19-7-4-8-20-33/h3-30H,1-2H3. The monoisotopic (exact) mass is 694 g/mol. The fourth-order valence-electron chi connectivity index (χ4n) is 8.99. The smallest absolute Gasteiger partial charge is 0.160 e. The van der Waals surface area contributed by atoms with Crippen molar-refractivity contribution in [1.82, 2.24) is 19.1 Å². The third kappa shape index (κ3) is 4.29. The van der Waals surface area contributed by atoms with Crippen LogP contribution in [0.15, 0.2) is 170 Å². The molecule has 0 aliphatic carbocycles. The summed E-state index contributed by atoms with van der Waals surface area (Å²) in [6.07, 6.45) is 0. The summed E-state index contributed by atoms with van der Waals surface area (Å²) in [6.45, 7) is 4.89. The summed E-state index contributed by atoms with van der Waals surface area (Å²) in [5.74, 6) is 0.764. The number of nitrogens with zero attached hydrogens (tertiary/aromatic N) is 4. The summed E-state index contributed by atoms with van der Waals surface area (Å²) in [4.78, 5) is 10.7. The fraction of sp³-hybridized carbons (Fsp3) is 0.0417. The van der Waals surface area contributed by atoms with Gasteiger partial charge in [0.2, 0.25) is 0 Å². The average molecular weight is 695 g/mol. The van der Waals surface area contributed by atoms with E-state index in [2.05, 4.69) is 186 Å². The van der Waals surface area contributed by atoms with E-state index in [0.29, 0.717) is 0 Å². The molecule has 0 amide bonds. The van der Waals surface area contributed by atoms with Gasteiger partial charge in [-0.15, -0.1) is 0 Å². The van der Waals surface area contributed by atoms with Gasteiger partial charge in [0.1, 0.15) is 8.07 Å². The zero-order chi connectivity index (χ0) is 35.3. The zero-order valence-corrected chi connectivity index (χ0v) is 30.5. The molecule has 0 saturated carbocycles. The van der Waals surface area contributed by atoms with Crippen LogP contribution in [0, 0.1) is 0 Å². The second-order valence-electron chi connectivity index (χ2n) is 14.6. The Labute approximate surface area is 308 Å². The van der Waals surface area contributed by atoms with Crippen LogP contribution in [0.25, 0.3) is 88.9 Å². The van der Waals surface area contributed by atoms with Gasteiger partial charge in [-0.2, -0.15) is 0 Å². The van der Waals surface area contributed by atoms with Crippen molar-refractivity contribution in [2.75, 3.05) is 0 Å². The van der Waals surface area contributed by atoms with Gasteiger partial charge in [-0.3, -0.25) is 0 Å². The molecule has 53 heavy (non-hydrogen) atoms. The molecular formula is C48H34N4Si. The molecular weight excluding hydrogens is 661 g/mol. The van der Waals surface area contributed by atoms with Crippen LogP contribution in [-0.2, 0) is 0 Å². The second-order valence-corrected chi connectivity index (χ2v) is 18.9. The van der Waals surface area contributed by atoms with Crippen molar-refractivity contribution in [2.45, 2.75) is 13.1 Å². The van der Waals surface area contributed by atoms with E-state index in [1.165, 1.54) is 59.5 Å². The number of hydrogen-bond acceptors (Lipinski definition) is 2. The van der Waals surface area contributed by atoms with Gasteiger partial charge in [0.05, 0.1) is 33.5 Å². The van der Waals surface area contributed by atoms with Crippen molar-refractivity contribution in [3.05, 3.63) is 170 Å². The van der Waals surface area contributed by atoms with Gasteiger partial charge in [-0.25, -0.2) is 9.97 Å². The second kappa shape index (κ2) is 11.2. The molecule has 0 unspecified atom stereocenters. The topological polar surface area (TPSA) is 35.6 Å². The minimum absolute atomic E-state index is 0.764. The molecule has 4 heterocycles. The number of benzene rings is 7. The summed E-state index contributed by atoms with van der Waals surface area (Å²) in [7, 11) is -2.12. The Kier molecular flexibility index (Phi) is 6.37. The Bertz CT molecular complexity index is 3080. The van der Waals surface area contributed by atoms with E-state index in [0.717, 1.165) is 39.7 Å². The molecule has 4 nitrogen and oxygen atoms in total. The summed E-state index contributed by atoms with van der Waals surface area (Å²) < 4.78 is 4.85. The lowest BCUT2D eigenvalue weighted by atomic mass is 10.1. The molecule has 1 aliphatic rings. The van der Waals surface area contributed by atoms with Gasteiger partial charge in [0.25, 0.3) is 0 Å². The van der Waals surface area contributed by atoms with Crippen LogP contribution in [-0.4, -0.2) is 27.2 Å². The molecule has 250 valence electrons. The number of rotatable bonds is 4. The predicted molar refractivity (Wildman–Crippen MR) is 224 cm³/mol. The SMILES string of the molecule is C[Si]1(C)c2ccccc2-c2nc(-c3ccccc3)nc(-c3cccc(-n4c5ccccc5c5c6c7ccccc7n(-c7ccccc7)c6ccc54)c3)c21. The van der Waals surface area contributed by atoms with E-state index in [4.69, 9.17) is 9.97 Å². The van der Waals surface area contributed by atoms with Crippen LogP contribution >= 0.6 is 0 Å². The molecule has 1 aliphatic heterocycles. The van der Waals surface area contributed by atoms with Crippen LogP contribution in [0.2, 0.25) is 13.1 Å². The van der Waals surface area contributed by atoms with Crippen molar-refractivity contribution in [3.8, 4) is 45.3 Å². The Morgan fingerprint density at radius 1 is 0.434 bits per heavy atom. The maximum Gasteiger partial charge on any atom is 0.160 e. The highest BCUT2D eigenvalue weighted by Crippen LogP contribution is 2.43. The molecule has 10 aromatic rings. The number of aromatic nitrogens is 4. The van der Waals surface area contributed by atoms with Crippen LogP contribution in [0.4, 0.5) is 0 Å². The first-order valence-electron chi connectivity index (χ1n) is 18.3. The average Bonchev–Trinajstić information content (AvgIpc) is 3.81. The van der Waals surface area contributed by atoms with Crippen LogP contribution in [0.1, 0.15) is 0 Å². The van der Waals surface area contributed by atoms with Gasteiger partial charge < -0.3 is 9.13 Å². The molecule has 3 aromatic heterocycles. The minimum atomic E-state index is -2.12. The van der Waals surface area contributed by atoms with Gasteiger partial charge in [0.15, 0.2) is 5.82 Å². The Morgan fingerprint density at radius 2 is 0.962 bits per heavy atom. The maximum atomic E-state index is 5.43. The van der Waals surface area contributed by atoms with Crippen LogP contribution < -0.4 is 10.4 Å². The number of fused-ring (bicyclic) bond motifs is 10. The van der Waals surface area contributed by atoms with Crippen molar-refractivity contribution in [3.63, 3.8) is 0 Å². The fourth-order valence-corrected chi connectivity index (χ4v) is 12.2. The van der Waals surface area contributed by atoms with Gasteiger partial charge in [-0.05, 0) is 64.5 Å². The quantitative estimate of drug-likeness (QED) is 0.172. The van der Waals surface area contributed by atoms with Crippen LogP contribution in [0.3, 0.4) is 0 Å². The van der Waals surface area contributed by atoms with Gasteiger partial charge >= 0.3 is 0 Å². The molecule has 0 N–H and O–H groups in total. The maximum absolute atomic E-state index is 5.43. The lowest BCUT2D eigenvalue weighted by Gasteiger charge is -2.22. The lowest BCUT2D eigenvalue weighted by molar-refractivity contribution is 1.17. The molecule has 5 heteroatoms. The molecule has 0 saturated heterocycles. The predicted octanol–water partition coefficient (Wildman–Crippen LogP) is 10.8. The third-order valence-corrected chi connectivity index (χ3v) is 14.8. The molecule has 0 atom stereocenters. The van der Waals surface area contributed by atoms with Crippen molar-refractivity contribution >= 4 is 62.1 Å². The molecule has 7 aromatic carbocycles. The summed E-state index contributed by atoms with van der Waals surface area (Å²) >= 11 is 0. The summed E-state index contributed by atoms with van der Waals surface area (Å²) in [5, 5.41) is 7.78. The largest absolute Gasteiger partial charge is 0.309 e. The van der Waals surface area contributed by atoms with Crippen molar-refractivity contribution < 1.29 is 0 Å². The first kappa shape index (κ1) is 30.1. The summed E-state index contributed by atoms with van der Waals surface area (Å²) in [6, 6.07) is 61.2. The zero-order valence-electron chi connectivity index (χ0n) is 29.5. The Morgan fingerprint density at radius 3 is 1.66 bits per heavy atom. The van der Waals surface area contributed by atoms with Crippen molar-refractivity contribution in [1.29, 1.82) is 0 Å². The number of hydrogen-bond donors (Lipinski definition) is 0. The minimum Gasteiger partial charge on any atom is -0.309 e. The van der Waals surface area contributed by atoms with E-state index < -0.39 is 8.07 Å². The molecule has 0 bridgehead atoms. The highest BCUT2D eigenvalue weighted by molar-refractivity contribution is 7.04. The molecule has 11 rings (SSSR count). The lowest BCUT2D eigenvalue weighted by Crippen LogP contribution is -2.50. The van der Waals surface area contributed by atoms with E-state index in [1.807, 2.05) is 6.07 Å². The van der Waals surface area contributed by atoms with Gasteiger partial charge in [-0.1, -0.05) is 134 Å².